The Morgan fingerprint density at radius 3 is 2.15 bits per heavy atom. The minimum atomic E-state index is 0.850. The summed E-state index contributed by atoms with van der Waals surface area (Å²) in [5, 5.41) is 0. The predicted molar refractivity (Wildman–Crippen MR) is 91.0 cm³/mol. The maximum atomic E-state index is 2.43. The van der Waals surface area contributed by atoms with Crippen molar-refractivity contribution in [2.45, 2.75) is 72.6 Å². The van der Waals surface area contributed by atoms with E-state index in [0.29, 0.717) is 0 Å². The molecule has 2 unspecified atom stereocenters. The Bertz CT molecular complexity index is 325. The monoisotopic (exact) mass is 274 g/mol. The van der Waals surface area contributed by atoms with Crippen LogP contribution in [0.25, 0.3) is 0 Å². The van der Waals surface area contributed by atoms with Crippen LogP contribution in [0.2, 0.25) is 0 Å². The summed E-state index contributed by atoms with van der Waals surface area (Å²) in [7, 11) is 0. The highest BCUT2D eigenvalue weighted by Gasteiger charge is 2.14. The molecule has 0 aromatic heterocycles. The summed E-state index contributed by atoms with van der Waals surface area (Å²) in [5.74, 6) is 2.65. The van der Waals surface area contributed by atoms with Crippen molar-refractivity contribution in [3.05, 3.63) is 35.9 Å². The molecule has 0 radical (unpaired) electrons. The Balaban J connectivity index is 2.25. The lowest BCUT2D eigenvalue weighted by atomic mass is 9.84. The first-order chi connectivity index (χ1) is 9.63. The van der Waals surface area contributed by atoms with Crippen LogP contribution in [0.1, 0.15) is 71.8 Å². The Kier molecular flexibility index (Phi) is 8.65. The second kappa shape index (κ2) is 10.0. The molecule has 1 rings (SSSR count). The van der Waals surface area contributed by atoms with Crippen LogP contribution in [0.4, 0.5) is 0 Å². The van der Waals surface area contributed by atoms with Crippen molar-refractivity contribution in [2.75, 3.05) is 0 Å². The van der Waals surface area contributed by atoms with Crippen LogP contribution in [0.5, 0.6) is 0 Å². The van der Waals surface area contributed by atoms with Gasteiger partial charge in [-0.1, -0.05) is 83.7 Å². The molecule has 0 saturated heterocycles. The standard InChI is InChI=1S/C20H34/c1-5-6-12-20(17(2)3)16-14-18(4)13-15-19-10-8-7-9-11-19/h7-11,17-18,20H,5-6,12-16H2,1-4H3. The van der Waals surface area contributed by atoms with Crippen LogP contribution >= 0.6 is 0 Å². The van der Waals surface area contributed by atoms with E-state index in [1.807, 2.05) is 0 Å². The first kappa shape index (κ1) is 17.3. The molecule has 1 aromatic carbocycles. The van der Waals surface area contributed by atoms with E-state index in [4.69, 9.17) is 0 Å². The van der Waals surface area contributed by atoms with Gasteiger partial charge in [-0.2, -0.15) is 0 Å². The van der Waals surface area contributed by atoms with E-state index in [-0.39, 0.29) is 0 Å². The average molecular weight is 274 g/mol. The summed E-state index contributed by atoms with van der Waals surface area (Å²) in [6.45, 7) is 9.53. The van der Waals surface area contributed by atoms with Crippen LogP contribution in [0, 0.1) is 17.8 Å². The largest absolute Gasteiger partial charge is 0.0654 e. The number of hydrogen-bond donors (Lipinski definition) is 0. The Morgan fingerprint density at radius 1 is 0.850 bits per heavy atom. The third-order valence-corrected chi connectivity index (χ3v) is 4.67. The van der Waals surface area contributed by atoms with Gasteiger partial charge in [0.1, 0.15) is 0 Å². The molecule has 0 N–H and O–H groups in total. The molecule has 0 aliphatic rings. The van der Waals surface area contributed by atoms with Gasteiger partial charge in [-0.05, 0) is 42.6 Å². The Morgan fingerprint density at radius 2 is 1.55 bits per heavy atom. The number of unbranched alkanes of at least 4 members (excludes halogenated alkanes) is 1. The van der Waals surface area contributed by atoms with Crippen molar-refractivity contribution in [3.63, 3.8) is 0 Å². The van der Waals surface area contributed by atoms with Gasteiger partial charge >= 0.3 is 0 Å². The molecule has 1 aromatic rings. The molecule has 0 fully saturated rings. The second-order valence-electron chi connectivity index (χ2n) is 6.85. The normalized spacial score (nSPS) is 14.4. The van der Waals surface area contributed by atoms with E-state index in [9.17, 15) is 0 Å². The molecule has 0 spiro atoms. The zero-order chi connectivity index (χ0) is 14.8. The highest BCUT2D eigenvalue weighted by molar-refractivity contribution is 5.14. The number of rotatable bonds is 10. The van der Waals surface area contributed by atoms with E-state index in [0.717, 1.165) is 17.8 Å². The lowest BCUT2D eigenvalue weighted by molar-refractivity contribution is 0.296. The van der Waals surface area contributed by atoms with Gasteiger partial charge in [0.05, 0.1) is 0 Å². The van der Waals surface area contributed by atoms with Crippen molar-refractivity contribution in [2.24, 2.45) is 17.8 Å². The van der Waals surface area contributed by atoms with Crippen molar-refractivity contribution < 1.29 is 0 Å². The van der Waals surface area contributed by atoms with Crippen molar-refractivity contribution in [1.29, 1.82) is 0 Å². The molecule has 0 nitrogen and oxygen atoms in total. The fourth-order valence-electron chi connectivity index (χ4n) is 2.98. The fourth-order valence-corrected chi connectivity index (χ4v) is 2.98. The molecule has 20 heavy (non-hydrogen) atoms. The molecule has 0 heterocycles. The quantitative estimate of drug-likeness (QED) is 0.457. The first-order valence-corrected chi connectivity index (χ1v) is 8.67. The zero-order valence-corrected chi connectivity index (χ0v) is 14.1. The zero-order valence-electron chi connectivity index (χ0n) is 14.1. The van der Waals surface area contributed by atoms with Gasteiger partial charge in [-0.15, -0.1) is 0 Å². The van der Waals surface area contributed by atoms with Crippen LogP contribution < -0.4 is 0 Å². The maximum Gasteiger partial charge on any atom is -0.0276 e. The van der Waals surface area contributed by atoms with Crippen LogP contribution in [0.15, 0.2) is 30.3 Å². The van der Waals surface area contributed by atoms with Gasteiger partial charge < -0.3 is 0 Å². The molecule has 0 aliphatic carbocycles. The summed E-state index contributed by atoms with van der Waals surface area (Å²) in [5.41, 5.74) is 1.49. The van der Waals surface area contributed by atoms with E-state index in [1.165, 1.54) is 50.5 Å². The lowest BCUT2D eigenvalue weighted by Crippen LogP contribution is -2.11. The van der Waals surface area contributed by atoms with Crippen molar-refractivity contribution >= 4 is 0 Å². The first-order valence-electron chi connectivity index (χ1n) is 8.67. The highest BCUT2D eigenvalue weighted by atomic mass is 14.2. The maximum absolute atomic E-state index is 2.43. The van der Waals surface area contributed by atoms with E-state index in [1.54, 1.807) is 0 Å². The van der Waals surface area contributed by atoms with Gasteiger partial charge in [0.15, 0.2) is 0 Å². The minimum Gasteiger partial charge on any atom is -0.0654 e. The number of aryl methyl sites for hydroxylation is 1. The van der Waals surface area contributed by atoms with Gasteiger partial charge in [0.2, 0.25) is 0 Å². The summed E-state index contributed by atoms with van der Waals surface area (Å²) in [6.07, 6.45) is 9.58. The van der Waals surface area contributed by atoms with Gasteiger partial charge in [0, 0.05) is 0 Å². The molecule has 0 aliphatic heterocycles. The van der Waals surface area contributed by atoms with Crippen LogP contribution in [-0.4, -0.2) is 0 Å². The molecule has 2 atom stereocenters. The third kappa shape index (κ3) is 7.12. The van der Waals surface area contributed by atoms with Crippen molar-refractivity contribution in [1.82, 2.24) is 0 Å². The number of hydrogen-bond acceptors (Lipinski definition) is 0. The highest BCUT2D eigenvalue weighted by Crippen LogP contribution is 2.26. The molecule has 114 valence electrons. The van der Waals surface area contributed by atoms with Crippen molar-refractivity contribution in [3.8, 4) is 0 Å². The van der Waals surface area contributed by atoms with E-state index in [2.05, 4.69) is 58.0 Å². The molecule has 0 heteroatoms. The minimum absolute atomic E-state index is 0.850. The van der Waals surface area contributed by atoms with Gasteiger partial charge in [-0.3, -0.25) is 0 Å². The topological polar surface area (TPSA) is 0 Å². The molecule has 0 bridgehead atoms. The van der Waals surface area contributed by atoms with E-state index >= 15 is 0 Å². The molecular weight excluding hydrogens is 240 g/mol. The molecular formula is C20H34. The van der Waals surface area contributed by atoms with Crippen LogP contribution in [-0.2, 0) is 6.42 Å². The fraction of sp³-hybridized carbons (Fsp3) is 0.700. The lowest BCUT2D eigenvalue weighted by Gasteiger charge is -2.22. The Hall–Kier alpha value is -0.780. The average Bonchev–Trinajstić information content (AvgIpc) is 2.46. The van der Waals surface area contributed by atoms with Gasteiger partial charge in [-0.25, -0.2) is 0 Å². The Labute approximate surface area is 127 Å². The summed E-state index contributed by atoms with van der Waals surface area (Å²) < 4.78 is 0. The summed E-state index contributed by atoms with van der Waals surface area (Å²) >= 11 is 0. The predicted octanol–water partition coefficient (Wildman–Crippen LogP) is 6.50. The summed E-state index contributed by atoms with van der Waals surface area (Å²) in [4.78, 5) is 0. The number of benzene rings is 1. The smallest absolute Gasteiger partial charge is 0.0276 e. The summed E-state index contributed by atoms with van der Waals surface area (Å²) in [6, 6.07) is 10.9. The van der Waals surface area contributed by atoms with E-state index < -0.39 is 0 Å². The SMILES string of the molecule is CCCCC(CCC(C)CCc1ccccc1)C(C)C. The molecule has 0 saturated carbocycles. The molecule has 0 amide bonds. The second-order valence-corrected chi connectivity index (χ2v) is 6.85. The van der Waals surface area contributed by atoms with Gasteiger partial charge in [0.25, 0.3) is 0 Å². The third-order valence-electron chi connectivity index (χ3n) is 4.67. The van der Waals surface area contributed by atoms with Crippen LogP contribution in [0.3, 0.4) is 0 Å².